The van der Waals surface area contributed by atoms with E-state index in [-0.39, 0.29) is 23.6 Å². The third kappa shape index (κ3) is 4.59. The Hall–Kier alpha value is -3.44. The van der Waals surface area contributed by atoms with Crippen LogP contribution >= 0.6 is 11.3 Å². The Labute approximate surface area is 159 Å². The Kier molecular flexibility index (Phi) is 5.64. The van der Waals surface area contributed by atoms with E-state index in [0.717, 1.165) is 11.3 Å². The summed E-state index contributed by atoms with van der Waals surface area (Å²) in [5.41, 5.74) is 2.09. The molecule has 0 fully saturated rings. The fourth-order valence-electron chi connectivity index (χ4n) is 2.39. The van der Waals surface area contributed by atoms with Gasteiger partial charge in [-0.3, -0.25) is 4.79 Å². The summed E-state index contributed by atoms with van der Waals surface area (Å²) >= 11 is 1.28. The van der Waals surface area contributed by atoms with Gasteiger partial charge in [-0.05, 0) is 17.7 Å². The molecule has 0 unspecified atom stereocenters. The van der Waals surface area contributed by atoms with Crippen molar-refractivity contribution in [2.45, 2.75) is 13.0 Å². The molecule has 0 aliphatic heterocycles. The zero-order valence-corrected chi connectivity index (χ0v) is 15.3. The topological polar surface area (TPSA) is 108 Å². The molecule has 2 N–H and O–H groups in total. The van der Waals surface area contributed by atoms with Crippen molar-refractivity contribution in [2.75, 3.05) is 7.11 Å². The molecular weight excluding hydrogens is 364 g/mol. The maximum absolute atomic E-state index is 12.2. The van der Waals surface area contributed by atoms with Gasteiger partial charge in [0.15, 0.2) is 0 Å². The SMILES string of the molecule is COc1cccc(CNC(=O)Cc2csc(-c3ncc(C#N)cc3O)n2)c1. The Morgan fingerprint density at radius 1 is 1.41 bits per heavy atom. The lowest BCUT2D eigenvalue weighted by Crippen LogP contribution is -2.24. The number of ether oxygens (including phenoxy) is 1. The van der Waals surface area contributed by atoms with E-state index >= 15 is 0 Å². The summed E-state index contributed by atoms with van der Waals surface area (Å²) in [7, 11) is 1.60. The molecule has 27 heavy (non-hydrogen) atoms. The van der Waals surface area contributed by atoms with E-state index < -0.39 is 0 Å². The van der Waals surface area contributed by atoms with E-state index in [9.17, 15) is 9.90 Å². The highest BCUT2D eigenvalue weighted by atomic mass is 32.1. The highest BCUT2D eigenvalue weighted by Crippen LogP contribution is 2.30. The number of methoxy groups -OCH3 is 1. The van der Waals surface area contributed by atoms with Gasteiger partial charge in [0.1, 0.15) is 28.3 Å². The first-order valence-electron chi connectivity index (χ1n) is 8.02. The number of rotatable bonds is 6. The van der Waals surface area contributed by atoms with Crippen LogP contribution in [0.1, 0.15) is 16.8 Å². The Bertz CT molecular complexity index is 1010. The molecular formula is C19H16N4O3S. The number of thiazole rings is 1. The molecule has 0 radical (unpaired) electrons. The predicted octanol–water partition coefficient (Wildman–Crippen LogP) is 2.65. The van der Waals surface area contributed by atoms with Crippen LogP contribution in [0.3, 0.4) is 0 Å². The number of amides is 1. The van der Waals surface area contributed by atoms with Crippen molar-refractivity contribution in [3.63, 3.8) is 0 Å². The highest BCUT2D eigenvalue weighted by molar-refractivity contribution is 7.13. The minimum absolute atomic E-state index is 0.113. The molecule has 2 aromatic heterocycles. The molecule has 1 amide bonds. The van der Waals surface area contributed by atoms with Crippen molar-refractivity contribution in [2.24, 2.45) is 0 Å². The second kappa shape index (κ2) is 8.29. The Balaban J connectivity index is 1.62. The summed E-state index contributed by atoms with van der Waals surface area (Å²) < 4.78 is 5.16. The molecule has 7 nitrogen and oxygen atoms in total. The molecule has 3 aromatic rings. The van der Waals surface area contributed by atoms with Gasteiger partial charge in [-0.1, -0.05) is 12.1 Å². The first kappa shape index (κ1) is 18.4. The quantitative estimate of drug-likeness (QED) is 0.681. The number of hydrogen-bond donors (Lipinski definition) is 2. The second-order valence-corrected chi connectivity index (χ2v) is 6.51. The lowest BCUT2D eigenvalue weighted by atomic mass is 10.2. The van der Waals surface area contributed by atoms with Crippen LogP contribution in [0.2, 0.25) is 0 Å². The number of pyridine rings is 1. The molecule has 0 atom stereocenters. The van der Waals surface area contributed by atoms with Crippen LogP contribution in [0.5, 0.6) is 11.5 Å². The van der Waals surface area contributed by atoms with Crippen LogP contribution in [0.15, 0.2) is 41.9 Å². The number of benzene rings is 1. The third-order valence-electron chi connectivity index (χ3n) is 3.72. The molecule has 0 bridgehead atoms. The molecule has 1 aromatic carbocycles. The van der Waals surface area contributed by atoms with Crippen LogP contribution in [0.4, 0.5) is 0 Å². The van der Waals surface area contributed by atoms with Gasteiger partial charge in [0, 0.05) is 24.2 Å². The van der Waals surface area contributed by atoms with Gasteiger partial charge in [0.25, 0.3) is 0 Å². The normalized spacial score (nSPS) is 10.2. The third-order valence-corrected chi connectivity index (χ3v) is 4.61. The number of nitrogens with zero attached hydrogens (tertiary/aromatic N) is 3. The van der Waals surface area contributed by atoms with Crippen molar-refractivity contribution in [1.29, 1.82) is 5.26 Å². The highest BCUT2D eigenvalue weighted by Gasteiger charge is 2.13. The van der Waals surface area contributed by atoms with E-state index in [2.05, 4.69) is 15.3 Å². The number of carbonyl (C=O) groups excluding carboxylic acids is 1. The molecule has 2 heterocycles. The van der Waals surface area contributed by atoms with Crippen molar-refractivity contribution in [3.05, 3.63) is 58.7 Å². The molecule has 0 aliphatic carbocycles. The van der Waals surface area contributed by atoms with Crippen molar-refractivity contribution in [1.82, 2.24) is 15.3 Å². The summed E-state index contributed by atoms with van der Waals surface area (Å²) in [5.74, 6) is 0.463. The average Bonchev–Trinajstić information content (AvgIpc) is 3.14. The fraction of sp³-hybridized carbons (Fsp3) is 0.158. The van der Waals surface area contributed by atoms with E-state index in [1.165, 1.54) is 23.6 Å². The van der Waals surface area contributed by atoms with Crippen molar-refractivity contribution < 1.29 is 14.6 Å². The minimum Gasteiger partial charge on any atom is -0.506 e. The number of carbonyl (C=O) groups is 1. The monoisotopic (exact) mass is 380 g/mol. The average molecular weight is 380 g/mol. The summed E-state index contributed by atoms with van der Waals surface area (Å²) in [6.07, 6.45) is 1.49. The van der Waals surface area contributed by atoms with Gasteiger partial charge in [0.2, 0.25) is 5.91 Å². The molecule has 0 spiro atoms. The van der Waals surface area contributed by atoms with Crippen LogP contribution < -0.4 is 10.1 Å². The molecule has 0 aliphatic rings. The summed E-state index contributed by atoms with van der Waals surface area (Å²) in [6.45, 7) is 0.394. The van der Waals surface area contributed by atoms with E-state index in [1.54, 1.807) is 12.5 Å². The number of nitriles is 1. The van der Waals surface area contributed by atoms with Crippen molar-refractivity contribution in [3.8, 4) is 28.3 Å². The lowest BCUT2D eigenvalue weighted by molar-refractivity contribution is -0.120. The van der Waals surface area contributed by atoms with Gasteiger partial charge >= 0.3 is 0 Å². The van der Waals surface area contributed by atoms with Gasteiger partial charge < -0.3 is 15.2 Å². The molecule has 8 heteroatoms. The number of aromatic hydroxyl groups is 1. The van der Waals surface area contributed by atoms with Gasteiger partial charge in [0.05, 0.1) is 24.8 Å². The smallest absolute Gasteiger partial charge is 0.226 e. The second-order valence-electron chi connectivity index (χ2n) is 5.65. The van der Waals surface area contributed by atoms with Crippen LogP contribution in [0, 0.1) is 11.3 Å². The number of nitrogens with one attached hydrogen (secondary N) is 1. The largest absolute Gasteiger partial charge is 0.506 e. The first-order valence-corrected chi connectivity index (χ1v) is 8.90. The van der Waals surface area contributed by atoms with E-state index in [1.807, 2.05) is 30.3 Å². The summed E-state index contributed by atoms with van der Waals surface area (Å²) in [5, 5.41) is 23.9. The zero-order chi connectivity index (χ0) is 19.2. The van der Waals surface area contributed by atoms with E-state index in [4.69, 9.17) is 10.00 Å². The summed E-state index contributed by atoms with van der Waals surface area (Å²) in [6, 6.07) is 10.7. The van der Waals surface area contributed by atoms with Crippen molar-refractivity contribution >= 4 is 17.2 Å². The number of aromatic nitrogens is 2. The van der Waals surface area contributed by atoms with Crippen LogP contribution in [-0.4, -0.2) is 28.1 Å². The molecule has 0 saturated heterocycles. The Morgan fingerprint density at radius 3 is 3.00 bits per heavy atom. The van der Waals surface area contributed by atoms with Gasteiger partial charge in [-0.25, -0.2) is 9.97 Å². The van der Waals surface area contributed by atoms with Gasteiger partial charge in [-0.2, -0.15) is 5.26 Å². The first-order chi connectivity index (χ1) is 13.1. The number of hydrogen-bond acceptors (Lipinski definition) is 7. The minimum atomic E-state index is -0.160. The fourth-order valence-corrected chi connectivity index (χ4v) is 3.21. The van der Waals surface area contributed by atoms with Gasteiger partial charge in [-0.15, -0.1) is 11.3 Å². The summed E-state index contributed by atoms with van der Waals surface area (Å²) in [4.78, 5) is 20.6. The standard InChI is InChI=1S/C19H16N4O3S/c1-26-15-4-2-3-12(5-15)9-21-17(25)7-14-11-27-19(23-14)18-16(24)6-13(8-20)10-22-18/h2-6,10-11,24H,7,9H2,1H3,(H,21,25). The maximum Gasteiger partial charge on any atom is 0.226 e. The Morgan fingerprint density at radius 2 is 2.26 bits per heavy atom. The molecule has 3 rings (SSSR count). The predicted molar refractivity (Wildman–Crippen MR) is 100 cm³/mol. The zero-order valence-electron chi connectivity index (χ0n) is 14.5. The van der Waals surface area contributed by atoms with E-state index in [0.29, 0.717) is 22.9 Å². The van der Waals surface area contributed by atoms with Crippen LogP contribution in [0.25, 0.3) is 10.7 Å². The molecule has 0 saturated carbocycles. The lowest BCUT2D eigenvalue weighted by Gasteiger charge is -2.06. The molecule has 136 valence electrons. The van der Waals surface area contributed by atoms with Crippen LogP contribution in [-0.2, 0) is 17.8 Å². The maximum atomic E-state index is 12.2.